The maximum Gasteiger partial charge on any atom is 0.286 e. The number of carbonyl (C=O) groups is 2. The number of amides is 2. The number of aliphatic hydroxyl groups is 1. The summed E-state index contributed by atoms with van der Waals surface area (Å²) in [6.45, 7) is 3.81. The van der Waals surface area contributed by atoms with E-state index >= 15 is 0 Å². The Labute approximate surface area is 164 Å². The molecule has 150 valence electrons. The Kier molecular flexibility index (Phi) is 6.14. The second-order valence-corrected chi connectivity index (χ2v) is 7.37. The molecule has 1 saturated carbocycles. The minimum Gasteiger partial charge on any atom is -0.454 e. The SMILES string of the molecule is CNC(=O)c1cc(C(=O)N[C@H]2CC[C@H](O)CC2)c(C(C)c2cccc(C)n2)o1. The van der Waals surface area contributed by atoms with E-state index in [1.54, 1.807) is 0 Å². The number of aliphatic hydroxyl groups excluding tert-OH is 1. The molecule has 0 aromatic carbocycles. The second-order valence-electron chi connectivity index (χ2n) is 7.37. The van der Waals surface area contributed by atoms with Gasteiger partial charge in [0, 0.05) is 24.8 Å². The molecule has 0 aliphatic heterocycles. The summed E-state index contributed by atoms with van der Waals surface area (Å²) in [6, 6.07) is 7.19. The molecule has 0 radical (unpaired) electrons. The summed E-state index contributed by atoms with van der Waals surface area (Å²) in [5.41, 5.74) is 1.99. The maximum atomic E-state index is 13.0. The summed E-state index contributed by atoms with van der Waals surface area (Å²) in [4.78, 5) is 29.5. The number of carbonyl (C=O) groups excluding carboxylic acids is 2. The molecular formula is C21H27N3O4. The highest BCUT2D eigenvalue weighted by molar-refractivity contribution is 5.99. The summed E-state index contributed by atoms with van der Waals surface area (Å²) < 4.78 is 5.80. The van der Waals surface area contributed by atoms with Crippen LogP contribution in [-0.4, -0.2) is 41.1 Å². The topological polar surface area (TPSA) is 104 Å². The molecule has 1 fully saturated rings. The van der Waals surface area contributed by atoms with Crippen LogP contribution in [0.3, 0.4) is 0 Å². The number of rotatable bonds is 5. The molecule has 2 aromatic rings. The van der Waals surface area contributed by atoms with Gasteiger partial charge in [0.05, 0.1) is 23.3 Å². The highest BCUT2D eigenvalue weighted by Crippen LogP contribution is 2.29. The van der Waals surface area contributed by atoms with Crippen LogP contribution in [-0.2, 0) is 0 Å². The molecular weight excluding hydrogens is 358 g/mol. The van der Waals surface area contributed by atoms with Crippen LogP contribution in [0.15, 0.2) is 28.7 Å². The summed E-state index contributed by atoms with van der Waals surface area (Å²) in [6.07, 6.45) is 2.53. The molecule has 7 nitrogen and oxygen atoms in total. The van der Waals surface area contributed by atoms with Crippen LogP contribution < -0.4 is 10.6 Å². The van der Waals surface area contributed by atoms with Crippen molar-refractivity contribution in [3.63, 3.8) is 0 Å². The van der Waals surface area contributed by atoms with Gasteiger partial charge in [0.2, 0.25) is 0 Å². The van der Waals surface area contributed by atoms with Crippen molar-refractivity contribution in [2.75, 3.05) is 7.05 Å². The monoisotopic (exact) mass is 385 g/mol. The summed E-state index contributed by atoms with van der Waals surface area (Å²) >= 11 is 0. The van der Waals surface area contributed by atoms with Gasteiger partial charge >= 0.3 is 0 Å². The first-order valence-electron chi connectivity index (χ1n) is 9.67. The molecule has 0 saturated heterocycles. The Balaban J connectivity index is 1.89. The van der Waals surface area contributed by atoms with Gasteiger partial charge in [-0.05, 0) is 51.7 Å². The Bertz CT molecular complexity index is 853. The van der Waals surface area contributed by atoms with E-state index in [-0.39, 0.29) is 35.6 Å². The average molecular weight is 385 g/mol. The Morgan fingerprint density at radius 1 is 1.21 bits per heavy atom. The van der Waals surface area contributed by atoms with Crippen LogP contribution in [0.4, 0.5) is 0 Å². The fourth-order valence-corrected chi connectivity index (χ4v) is 3.56. The molecule has 2 heterocycles. The molecule has 3 N–H and O–H groups in total. The number of furan rings is 1. The van der Waals surface area contributed by atoms with Gasteiger partial charge in [0.15, 0.2) is 5.76 Å². The quantitative estimate of drug-likeness (QED) is 0.734. The smallest absolute Gasteiger partial charge is 0.286 e. The predicted molar refractivity (Wildman–Crippen MR) is 104 cm³/mol. The zero-order valence-electron chi connectivity index (χ0n) is 16.5. The van der Waals surface area contributed by atoms with Crippen LogP contribution in [0.25, 0.3) is 0 Å². The number of nitrogens with one attached hydrogen (secondary N) is 2. The van der Waals surface area contributed by atoms with E-state index in [9.17, 15) is 14.7 Å². The number of nitrogens with zero attached hydrogens (tertiary/aromatic N) is 1. The lowest BCUT2D eigenvalue weighted by molar-refractivity contribution is 0.0864. The molecule has 1 aliphatic carbocycles. The van der Waals surface area contributed by atoms with Crippen molar-refractivity contribution in [3.8, 4) is 0 Å². The van der Waals surface area contributed by atoms with Gasteiger partial charge in [-0.15, -0.1) is 0 Å². The summed E-state index contributed by atoms with van der Waals surface area (Å²) in [5, 5.41) is 15.2. The average Bonchev–Trinajstić information content (AvgIpc) is 3.14. The van der Waals surface area contributed by atoms with Gasteiger partial charge in [0.25, 0.3) is 11.8 Å². The maximum absolute atomic E-state index is 13.0. The fraction of sp³-hybridized carbons (Fsp3) is 0.476. The van der Waals surface area contributed by atoms with Crippen LogP contribution in [0.5, 0.6) is 0 Å². The van der Waals surface area contributed by atoms with Gasteiger partial charge in [-0.25, -0.2) is 0 Å². The molecule has 1 aliphatic rings. The molecule has 2 amide bonds. The third-order valence-corrected chi connectivity index (χ3v) is 5.24. The van der Waals surface area contributed by atoms with Crippen LogP contribution in [0, 0.1) is 6.92 Å². The van der Waals surface area contributed by atoms with Crippen molar-refractivity contribution in [1.29, 1.82) is 0 Å². The largest absolute Gasteiger partial charge is 0.454 e. The highest BCUT2D eigenvalue weighted by Gasteiger charge is 2.28. The standard InChI is InChI=1S/C21H27N3O4/c1-12-5-4-6-17(23-12)13(2)19-16(11-18(28-19)21(27)22-3)20(26)24-14-7-9-15(25)10-8-14/h4-6,11,13-15,25H,7-10H2,1-3H3,(H,22,27)(H,24,26)/t13?,14-,15-. The third-order valence-electron chi connectivity index (χ3n) is 5.24. The lowest BCUT2D eigenvalue weighted by atomic mass is 9.92. The van der Waals surface area contributed by atoms with E-state index in [1.165, 1.54) is 13.1 Å². The lowest BCUT2D eigenvalue weighted by Gasteiger charge is -2.26. The lowest BCUT2D eigenvalue weighted by Crippen LogP contribution is -2.38. The first-order valence-corrected chi connectivity index (χ1v) is 9.67. The highest BCUT2D eigenvalue weighted by atomic mass is 16.4. The molecule has 1 unspecified atom stereocenters. The number of aromatic nitrogens is 1. The molecule has 7 heteroatoms. The second kappa shape index (κ2) is 8.56. The van der Waals surface area contributed by atoms with Crippen molar-refractivity contribution in [1.82, 2.24) is 15.6 Å². The zero-order valence-corrected chi connectivity index (χ0v) is 16.5. The van der Waals surface area contributed by atoms with Gasteiger partial charge in [0.1, 0.15) is 5.76 Å². The minimum atomic E-state index is -0.384. The third kappa shape index (κ3) is 4.42. The van der Waals surface area contributed by atoms with E-state index in [4.69, 9.17) is 4.42 Å². The van der Waals surface area contributed by atoms with Crippen LogP contribution in [0.2, 0.25) is 0 Å². The first-order chi connectivity index (χ1) is 13.4. The fourth-order valence-electron chi connectivity index (χ4n) is 3.56. The molecule has 3 rings (SSSR count). The summed E-state index contributed by atoms with van der Waals surface area (Å²) in [7, 11) is 1.52. The van der Waals surface area contributed by atoms with Crippen molar-refractivity contribution >= 4 is 11.8 Å². The van der Waals surface area contributed by atoms with E-state index in [1.807, 2.05) is 32.0 Å². The molecule has 1 atom stereocenters. The van der Waals surface area contributed by atoms with Crippen molar-refractivity contribution in [2.24, 2.45) is 0 Å². The van der Waals surface area contributed by atoms with Crippen molar-refractivity contribution in [3.05, 3.63) is 52.7 Å². The van der Waals surface area contributed by atoms with Gasteiger partial charge in [-0.3, -0.25) is 14.6 Å². The predicted octanol–water partition coefficient (Wildman–Crippen LogP) is 2.53. The van der Waals surface area contributed by atoms with Crippen molar-refractivity contribution in [2.45, 2.75) is 57.6 Å². The van der Waals surface area contributed by atoms with Crippen molar-refractivity contribution < 1.29 is 19.1 Å². The van der Waals surface area contributed by atoms with Gasteiger partial charge < -0.3 is 20.2 Å². The van der Waals surface area contributed by atoms with E-state index in [2.05, 4.69) is 15.6 Å². The van der Waals surface area contributed by atoms with Gasteiger partial charge in [-0.2, -0.15) is 0 Å². The zero-order chi connectivity index (χ0) is 20.3. The normalized spacial score (nSPS) is 20.4. The van der Waals surface area contributed by atoms with E-state index in [0.29, 0.717) is 24.2 Å². The number of pyridine rings is 1. The van der Waals surface area contributed by atoms with E-state index in [0.717, 1.165) is 24.2 Å². The van der Waals surface area contributed by atoms with E-state index < -0.39 is 0 Å². The molecule has 28 heavy (non-hydrogen) atoms. The summed E-state index contributed by atoms with van der Waals surface area (Å²) in [5.74, 6) is -0.418. The minimum absolute atomic E-state index is 0.00880. The molecule has 0 spiro atoms. The first kappa shape index (κ1) is 20.1. The molecule has 0 bridgehead atoms. The van der Waals surface area contributed by atoms with Gasteiger partial charge in [-0.1, -0.05) is 6.07 Å². The molecule has 2 aromatic heterocycles. The number of aryl methyl sites for hydroxylation is 1. The Hall–Kier alpha value is -2.67. The Morgan fingerprint density at radius 3 is 2.57 bits per heavy atom. The van der Waals surface area contributed by atoms with Crippen LogP contribution in [0.1, 0.15) is 76.6 Å². The number of hydrogen-bond donors (Lipinski definition) is 3. The Morgan fingerprint density at radius 2 is 1.93 bits per heavy atom. The van der Waals surface area contributed by atoms with Crippen LogP contribution >= 0.6 is 0 Å². The number of hydrogen-bond acceptors (Lipinski definition) is 5.